The molecule has 4 fully saturated rings. The number of hydrogen-bond acceptors (Lipinski definition) is 1. The Balaban J connectivity index is 1.92. The van der Waals surface area contributed by atoms with Gasteiger partial charge >= 0.3 is 0 Å². The summed E-state index contributed by atoms with van der Waals surface area (Å²) in [6.07, 6.45) is 6.87. The van der Waals surface area contributed by atoms with Crippen LogP contribution in [0, 0.1) is 23.2 Å². The number of hydrogen-bond donors (Lipinski definition) is 0. The highest BCUT2D eigenvalue weighted by atomic mass is 16.2. The van der Waals surface area contributed by atoms with Crippen molar-refractivity contribution in [2.24, 2.45) is 28.3 Å². The van der Waals surface area contributed by atoms with E-state index in [0.717, 1.165) is 37.0 Å². The van der Waals surface area contributed by atoms with E-state index in [4.69, 9.17) is 5.53 Å². The lowest BCUT2D eigenvalue weighted by atomic mass is 9.49. The summed E-state index contributed by atoms with van der Waals surface area (Å²) >= 11 is 0. The monoisotopic (exact) mass is 205 g/mol. The molecule has 4 bridgehead atoms. The number of azide groups is 1. The van der Waals surface area contributed by atoms with Crippen molar-refractivity contribution in [2.75, 3.05) is 0 Å². The Hall–Kier alpha value is -1.02. The number of amides is 1. The SMILES string of the molecule is [N-]=[N+]=NC(=O)C12CC3CC(CC(C3)C1)C2. The van der Waals surface area contributed by atoms with Crippen molar-refractivity contribution in [2.45, 2.75) is 38.5 Å². The molecule has 0 unspecified atom stereocenters. The van der Waals surface area contributed by atoms with Gasteiger partial charge in [-0.3, -0.25) is 4.79 Å². The summed E-state index contributed by atoms with van der Waals surface area (Å²) in [7, 11) is 0. The molecular formula is C11H15N3O. The van der Waals surface area contributed by atoms with Crippen LogP contribution in [0.2, 0.25) is 0 Å². The lowest BCUT2D eigenvalue weighted by Gasteiger charge is -2.55. The Morgan fingerprint density at radius 3 is 2.00 bits per heavy atom. The maximum atomic E-state index is 11.9. The van der Waals surface area contributed by atoms with Crippen LogP contribution >= 0.6 is 0 Å². The Labute approximate surface area is 88.7 Å². The quantitative estimate of drug-likeness (QED) is 0.368. The molecule has 4 aliphatic rings. The number of carbonyl (C=O) groups excluding carboxylic acids is 1. The number of carbonyl (C=O) groups is 1. The van der Waals surface area contributed by atoms with E-state index in [1.165, 1.54) is 19.3 Å². The molecule has 0 N–H and O–H groups in total. The molecule has 0 aromatic carbocycles. The van der Waals surface area contributed by atoms with Gasteiger partial charge in [-0.2, -0.15) is 0 Å². The second-order valence-electron chi connectivity index (χ2n) is 5.69. The molecule has 0 aromatic heterocycles. The second kappa shape index (κ2) is 2.99. The molecule has 0 saturated heterocycles. The average Bonchev–Trinajstić information content (AvgIpc) is 2.15. The van der Waals surface area contributed by atoms with Crippen molar-refractivity contribution < 1.29 is 4.79 Å². The highest BCUT2D eigenvalue weighted by Crippen LogP contribution is 2.60. The summed E-state index contributed by atoms with van der Waals surface area (Å²) in [5.41, 5.74) is 8.13. The molecule has 0 spiro atoms. The zero-order chi connectivity index (χ0) is 10.5. The third-order valence-corrected chi connectivity index (χ3v) is 4.63. The zero-order valence-electron chi connectivity index (χ0n) is 8.72. The van der Waals surface area contributed by atoms with Crippen LogP contribution in [-0.4, -0.2) is 5.91 Å². The van der Waals surface area contributed by atoms with E-state index in [-0.39, 0.29) is 11.3 Å². The molecule has 80 valence electrons. The Kier molecular flexibility index (Phi) is 1.84. The van der Waals surface area contributed by atoms with Crippen molar-refractivity contribution in [3.8, 4) is 0 Å². The van der Waals surface area contributed by atoms with Gasteiger partial charge in [0.15, 0.2) is 0 Å². The first-order valence-electron chi connectivity index (χ1n) is 5.81. The van der Waals surface area contributed by atoms with E-state index in [0.29, 0.717) is 0 Å². The highest BCUT2D eigenvalue weighted by Gasteiger charge is 2.54. The lowest BCUT2D eigenvalue weighted by Crippen LogP contribution is -2.49. The molecule has 1 amide bonds. The van der Waals surface area contributed by atoms with Crippen molar-refractivity contribution in [3.63, 3.8) is 0 Å². The third-order valence-electron chi connectivity index (χ3n) is 4.63. The van der Waals surface area contributed by atoms with Crippen molar-refractivity contribution in [1.82, 2.24) is 0 Å². The van der Waals surface area contributed by atoms with Gasteiger partial charge in [-0.15, -0.1) is 0 Å². The molecule has 4 rings (SSSR count). The van der Waals surface area contributed by atoms with Gasteiger partial charge in [0.25, 0.3) is 0 Å². The Morgan fingerprint density at radius 2 is 1.60 bits per heavy atom. The van der Waals surface area contributed by atoms with Crippen LogP contribution in [0.5, 0.6) is 0 Å². The minimum atomic E-state index is -0.249. The fourth-order valence-electron chi connectivity index (χ4n) is 4.52. The Morgan fingerprint density at radius 1 is 1.13 bits per heavy atom. The lowest BCUT2D eigenvalue weighted by molar-refractivity contribution is -0.142. The molecule has 15 heavy (non-hydrogen) atoms. The fourth-order valence-corrected chi connectivity index (χ4v) is 4.52. The summed E-state index contributed by atoms with van der Waals surface area (Å²) in [6.45, 7) is 0. The van der Waals surface area contributed by atoms with Gasteiger partial charge in [-0.05, 0) is 66.9 Å². The van der Waals surface area contributed by atoms with Gasteiger partial charge < -0.3 is 0 Å². The number of rotatable bonds is 1. The smallest absolute Gasteiger partial charge is 0.225 e. The zero-order valence-corrected chi connectivity index (χ0v) is 8.72. The molecule has 0 aromatic rings. The molecule has 0 aliphatic heterocycles. The summed E-state index contributed by atoms with van der Waals surface area (Å²) in [5, 5.41) is 3.36. The van der Waals surface area contributed by atoms with E-state index in [1.807, 2.05) is 0 Å². The standard InChI is InChI=1S/C11H15N3O/c12-14-13-10(15)11-4-7-1-8(5-11)3-9(2-7)6-11/h7-9H,1-6H2. The minimum Gasteiger partial charge on any atom is -0.292 e. The average molecular weight is 205 g/mol. The third kappa shape index (κ3) is 1.28. The summed E-state index contributed by atoms with van der Waals surface area (Å²) in [4.78, 5) is 14.5. The Bertz CT molecular complexity index is 322. The molecule has 4 aliphatic carbocycles. The first-order chi connectivity index (χ1) is 7.22. The van der Waals surface area contributed by atoms with Crippen LogP contribution in [-0.2, 0) is 4.79 Å². The summed E-state index contributed by atoms with van der Waals surface area (Å²) < 4.78 is 0. The van der Waals surface area contributed by atoms with E-state index in [2.05, 4.69) is 10.0 Å². The molecule has 4 nitrogen and oxygen atoms in total. The molecule has 4 saturated carbocycles. The molecule has 4 heteroatoms. The molecule has 0 heterocycles. The van der Waals surface area contributed by atoms with Gasteiger partial charge in [-0.1, -0.05) is 0 Å². The van der Waals surface area contributed by atoms with Crippen molar-refractivity contribution in [1.29, 1.82) is 0 Å². The maximum absolute atomic E-state index is 11.9. The minimum absolute atomic E-state index is 0.177. The predicted molar refractivity (Wildman–Crippen MR) is 54.8 cm³/mol. The highest BCUT2D eigenvalue weighted by molar-refractivity contribution is 5.83. The number of nitrogens with zero attached hydrogens (tertiary/aromatic N) is 3. The summed E-state index contributed by atoms with van der Waals surface area (Å²) in [6, 6.07) is 0. The van der Waals surface area contributed by atoms with Crippen LogP contribution in [0.25, 0.3) is 10.4 Å². The van der Waals surface area contributed by atoms with Gasteiger partial charge in [0.1, 0.15) is 0 Å². The van der Waals surface area contributed by atoms with E-state index in [9.17, 15) is 4.79 Å². The van der Waals surface area contributed by atoms with Crippen molar-refractivity contribution in [3.05, 3.63) is 10.4 Å². The van der Waals surface area contributed by atoms with E-state index < -0.39 is 0 Å². The van der Waals surface area contributed by atoms with Crippen LogP contribution in [0.1, 0.15) is 38.5 Å². The van der Waals surface area contributed by atoms with Crippen LogP contribution in [0.3, 0.4) is 0 Å². The maximum Gasteiger partial charge on any atom is 0.225 e. The van der Waals surface area contributed by atoms with Gasteiger partial charge in [0, 0.05) is 10.3 Å². The normalized spacial score (nSPS) is 46.3. The van der Waals surface area contributed by atoms with Crippen LogP contribution < -0.4 is 0 Å². The van der Waals surface area contributed by atoms with E-state index >= 15 is 0 Å². The second-order valence-corrected chi connectivity index (χ2v) is 5.69. The van der Waals surface area contributed by atoms with Crippen LogP contribution in [0.4, 0.5) is 0 Å². The van der Waals surface area contributed by atoms with Gasteiger partial charge in [-0.25, -0.2) is 0 Å². The summed E-state index contributed by atoms with van der Waals surface area (Å²) in [5.74, 6) is 2.02. The van der Waals surface area contributed by atoms with Gasteiger partial charge in [0.05, 0.1) is 0 Å². The fraction of sp³-hybridized carbons (Fsp3) is 0.909. The molecular weight excluding hydrogens is 190 g/mol. The predicted octanol–water partition coefficient (Wildman–Crippen LogP) is 3.04. The first kappa shape index (κ1) is 9.22. The topological polar surface area (TPSA) is 65.8 Å². The van der Waals surface area contributed by atoms with Gasteiger partial charge in [0.2, 0.25) is 5.91 Å². The van der Waals surface area contributed by atoms with Crippen LogP contribution in [0.15, 0.2) is 5.11 Å². The molecule has 0 radical (unpaired) electrons. The first-order valence-corrected chi connectivity index (χ1v) is 5.81. The van der Waals surface area contributed by atoms with Crippen molar-refractivity contribution >= 4 is 5.91 Å². The molecule has 0 atom stereocenters. The van der Waals surface area contributed by atoms with E-state index in [1.54, 1.807) is 0 Å². The largest absolute Gasteiger partial charge is 0.292 e.